The number of nitrogens with one attached hydrogen (secondary N) is 1. The Morgan fingerprint density at radius 3 is 2.73 bits per heavy atom. The Balaban J connectivity index is 1.54. The standard InChI is InChI=1S/C23H20FNO4S/c1-27-18-13-15(14-19-23(18)29-11-10-28-19)4-9-21(26)25-22(20-3-2-12-30-20)16-5-7-17(24)8-6-16/h2-9,12-14,22H,10-11H2,1H3,(H,25,26)/b9-4+/t22-/m0/s1. The first-order valence-corrected chi connectivity index (χ1v) is 10.3. The number of benzene rings is 2. The van der Waals surface area contributed by atoms with Crippen LogP contribution in [0, 0.1) is 5.82 Å². The van der Waals surface area contributed by atoms with Crippen LogP contribution in [0.3, 0.4) is 0 Å². The van der Waals surface area contributed by atoms with Gasteiger partial charge in [0.1, 0.15) is 19.0 Å². The number of hydrogen-bond donors (Lipinski definition) is 1. The van der Waals surface area contributed by atoms with Crippen LogP contribution in [0.25, 0.3) is 6.08 Å². The zero-order chi connectivity index (χ0) is 20.9. The fourth-order valence-corrected chi connectivity index (χ4v) is 3.98. The first-order chi connectivity index (χ1) is 14.6. The molecule has 0 saturated carbocycles. The summed E-state index contributed by atoms with van der Waals surface area (Å²) in [7, 11) is 1.56. The summed E-state index contributed by atoms with van der Waals surface area (Å²) in [6.07, 6.45) is 3.14. The lowest BCUT2D eigenvalue weighted by Gasteiger charge is -2.21. The third kappa shape index (κ3) is 4.46. The Bertz CT molecular complexity index is 1030. The Labute approximate surface area is 177 Å². The normalized spacial score (nSPS) is 13.8. The number of thiophene rings is 1. The highest BCUT2D eigenvalue weighted by Gasteiger charge is 2.19. The van der Waals surface area contributed by atoms with Crippen LogP contribution in [0.2, 0.25) is 0 Å². The molecule has 0 aliphatic carbocycles. The largest absolute Gasteiger partial charge is 0.493 e. The number of carbonyl (C=O) groups excluding carboxylic acids is 1. The van der Waals surface area contributed by atoms with Crippen LogP contribution < -0.4 is 19.5 Å². The number of hydrogen-bond acceptors (Lipinski definition) is 5. The van der Waals surface area contributed by atoms with Crippen molar-refractivity contribution >= 4 is 23.3 Å². The molecule has 4 rings (SSSR count). The van der Waals surface area contributed by atoms with E-state index in [1.165, 1.54) is 29.5 Å². The van der Waals surface area contributed by atoms with E-state index in [2.05, 4.69) is 5.32 Å². The number of amides is 1. The molecule has 0 fully saturated rings. The minimum absolute atomic E-state index is 0.272. The smallest absolute Gasteiger partial charge is 0.244 e. The Hall–Kier alpha value is -3.32. The second kappa shape index (κ2) is 9.00. The number of methoxy groups -OCH3 is 1. The summed E-state index contributed by atoms with van der Waals surface area (Å²) < 4.78 is 29.9. The summed E-state index contributed by atoms with van der Waals surface area (Å²) >= 11 is 1.53. The molecule has 0 unspecified atom stereocenters. The van der Waals surface area contributed by atoms with Crippen LogP contribution in [0.4, 0.5) is 4.39 Å². The molecule has 2 aromatic carbocycles. The summed E-state index contributed by atoms with van der Waals surface area (Å²) in [6.45, 7) is 0.929. The van der Waals surface area contributed by atoms with Gasteiger partial charge in [-0.1, -0.05) is 18.2 Å². The van der Waals surface area contributed by atoms with E-state index in [0.717, 1.165) is 16.0 Å². The van der Waals surface area contributed by atoms with Crippen LogP contribution in [-0.4, -0.2) is 26.2 Å². The van der Waals surface area contributed by atoms with E-state index >= 15 is 0 Å². The van der Waals surface area contributed by atoms with Gasteiger partial charge in [-0.2, -0.15) is 0 Å². The van der Waals surface area contributed by atoms with E-state index in [9.17, 15) is 9.18 Å². The lowest BCUT2D eigenvalue weighted by atomic mass is 10.1. The topological polar surface area (TPSA) is 56.8 Å². The molecule has 1 aromatic heterocycles. The fourth-order valence-electron chi connectivity index (χ4n) is 3.18. The summed E-state index contributed by atoms with van der Waals surface area (Å²) in [6, 6.07) is 13.2. The van der Waals surface area contributed by atoms with Gasteiger partial charge in [0, 0.05) is 11.0 Å². The number of fused-ring (bicyclic) bond motifs is 1. The van der Waals surface area contributed by atoms with Gasteiger partial charge < -0.3 is 19.5 Å². The zero-order valence-corrected chi connectivity index (χ0v) is 17.1. The molecule has 5 nitrogen and oxygen atoms in total. The predicted molar refractivity (Wildman–Crippen MR) is 114 cm³/mol. The fraction of sp³-hybridized carbons (Fsp3) is 0.174. The monoisotopic (exact) mass is 425 g/mol. The average Bonchev–Trinajstić information content (AvgIpc) is 3.31. The van der Waals surface area contributed by atoms with Crippen molar-refractivity contribution in [3.63, 3.8) is 0 Å². The van der Waals surface area contributed by atoms with Gasteiger partial charge in [0.15, 0.2) is 11.5 Å². The van der Waals surface area contributed by atoms with Gasteiger partial charge in [-0.3, -0.25) is 4.79 Å². The maximum absolute atomic E-state index is 13.3. The molecule has 0 spiro atoms. The third-order valence-electron chi connectivity index (χ3n) is 4.60. The van der Waals surface area contributed by atoms with Crippen molar-refractivity contribution in [2.75, 3.05) is 20.3 Å². The van der Waals surface area contributed by atoms with Crippen molar-refractivity contribution in [1.29, 1.82) is 0 Å². The van der Waals surface area contributed by atoms with Crippen LogP contribution in [0.15, 0.2) is 60.0 Å². The molecular formula is C23H20FNO4S. The molecule has 0 radical (unpaired) electrons. The van der Waals surface area contributed by atoms with Gasteiger partial charge in [-0.05, 0) is 52.9 Å². The highest BCUT2D eigenvalue weighted by atomic mass is 32.1. The van der Waals surface area contributed by atoms with Crippen molar-refractivity contribution in [2.24, 2.45) is 0 Å². The molecule has 3 aromatic rings. The molecule has 0 saturated heterocycles. The minimum atomic E-state index is -0.363. The molecule has 7 heteroatoms. The SMILES string of the molecule is COc1cc(/C=C/C(=O)N[C@@H](c2ccc(F)cc2)c2cccs2)cc2c1OCCO2. The van der Waals surface area contributed by atoms with Gasteiger partial charge in [-0.15, -0.1) is 11.3 Å². The van der Waals surface area contributed by atoms with Gasteiger partial charge in [0.05, 0.1) is 13.2 Å². The molecule has 30 heavy (non-hydrogen) atoms. The lowest BCUT2D eigenvalue weighted by Crippen LogP contribution is -2.27. The Morgan fingerprint density at radius 2 is 2.00 bits per heavy atom. The maximum Gasteiger partial charge on any atom is 0.244 e. The van der Waals surface area contributed by atoms with E-state index in [4.69, 9.17) is 14.2 Å². The Morgan fingerprint density at radius 1 is 1.20 bits per heavy atom. The summed E-state index contributed by atoms with van der Waals surface area (Å²) in [5, 5.41) is 4.93. The van der Waals surface area contributed by atoms with Gasteiger partial charge in [0.25, 0.3) is 0 Å². The van der Waals surface area contributed by atoms with Crippen LogP contribution >= 0.6 is 11.3 Å². The molecular weight excluding hydrogens is 405 g/mol. The zero-order valence-electron chi connectivity index (χ0n) is 16.3. The van der Waals surface area contributed by atoms with E-state index in [1.807, 2.05) is 17.5 Å². The number of halogens is 1. The molecule has 1 amide bonds. The van der Waals surface area contributed by atoms with Crippen molar-refractivity contribution in [1.82, 2.24) is 5.32 Å². The summed E-state index contributed by atoms with van der Waals surface area (Å²) in [5.74, 6) is 1.12. The summed E-state index contributed by atoms with van der Waals surface area (Å²) in [4.78, 5) is 13.6. The van der Waals surface area contributed by atoms with E-state index < -0.39 is 0 Å². The molecule has 1 N–H and O–H groups in total. The highest BCUT2D eigenvalue weighted by molar-refractivity contribution is 7.10. The quantitative estimate of drug-likeness (QED) is 0.587. The second-order valence-corrected chi connectivity index (χ2v) is 7.57. The lowest BCUT2D eigenvalue weighted by molar-refractivity contribution is -0.116. The van der Waals surface area contributed by atoms with Gasteiger partial charge in [-0.25, -0.2) is 4.39 Å². The number of carbonyl (C=O) groups is 1. The minimum Gasteiger partial charge on any atom is -0.493 e. The predicted octanol–water partition coefficient (Wildman–Crippen LogP) is 4.59. The van der Waals surface area contributed by atoms with Crippen molar-refractivity contribution in [3.8, 4) is 17.2 Å². The van der Waals surface area contributed by atoms with Crippen LogP contribution in [0.1, 0.15) is 22.0 Å². The van der Waals surface area contributed by atoms with Crippen molar-refractivity contribution < 1.29 is 23.4 Å². The third-order valence-corrected chi connectivity index (χ3v) is 5.53. The van der Waals surface area contributed by atoms with E-state index in [1.54, 1.807) is 37.5 Å². The highest BCUT2D eigenvalue weighted by Crippen LogP contribution is 2.40. The Kier molecular flexibility index (Phi) is 5.99. The first kappa shape index (κ1) is 20.0. The van der Waals surface area contributed by atoms with Crippen LogP contribution in [-0.2, 0) is 4.79 Å². The van der Waals surface area contributed by atoms with Gasteiger partial charge in [0.2, 0.25) is 11.7 Å². The van der Waals surface area contributed by atoms with E-state index in [-0.39, 0.29) is 17.8 Å². The molecule has 1 aliphatic heterocycles. The van der Waals surface area contributed by atoms with Crippen molar-refractivity contribution in [3.05, 3.63) is 81.8 Å². The number of rotatable bonds is 6. The first-order valence-electron chi connectivity index (χ1n) is 9.39. The van der Waals surface area contributed by atoms with E-state index in [0.29, 0.717) is 30.5 Å². The van der Waals surface area contributed by atoms with Gasteiger partial charge >= 0.3 is 0 Å². The number of ether oxygens (including phenoxy) is 3. The summed E-state index contributed by atoms with van der Waals surface area (Å²) in [5.41, 5.74) is 1.56. The second-order valence-electron chi connectivity index (χ2n) is 6.59. The molecule has 1 atom stereocenters. The average molecular weight is 425 g/mol. The molecule has 154 valence electrons. The van der Waals surface area contributed by atoms with Crippen molar-refractivity contribution in [2.45, 2.75) is 6.04 Å². The molecule has 2 heterocycles. The van der Waals surface area contributed by atoms with Crippen LogP contribution in [0.5, 0.6) is 17.2 Å². The molecule has 0 bridgehead atoms. The maximum atomic E-state index is 13.3. The molecule has 1 aliphatic rings.